The molecule has 1 atom stereocenters. The van der Waals surface area contributed by atoms with Gasteiger partial charge >= 0.3 is 5.97 Å². The lowest BCUT2D eigenvalue weighted by atomic mass is 10.2. The summed E-state index contributed by atoms with van der Waals surface area (Å²) < 4.78 is 4.50. The minimum atomic E-state index is -0.371. The molecule has 0 aliphatic rings. The molecule has 1 N–H and O–H groups in total. The van der Waals surface area contributed by atoms with E-state index in [1.54, 1.807) is 24.9 Å². The number of amides is 1. The Hall–Kier alpha value is -1.36. The van der Waals surface area contributed by atoms with Crippen LogP contribution in [0.25, 0.3) is 0 Å². The Balaban J connectivity index is 4.06. The number of likely N-dealkylation sites (N-methyl/N-ethyl adjacent to an activating group) is 1. The van der Waals surface area contributed by atoms with E-state index >= 15 is 0 Å². The maximum absolute atomic E-state index is 11.5. The third-order valence-electron chi connectivity index (χ3n) is 2.07. The molecule has 0 fully saturated rings. The fraction of sp³-hybridized carbons (Fsp3) is 0.600. The molecule has 0 aromatic carbocycles. The van der Waals surface area contributed by atoms with Crippen molar-refractivity contribution in [3.63, 3.8) is 0 Å². The lowest BCUT2D eigenvalue weighted by molar-refractivity contribution is -0.142. The van der Waals surface area contributed by atoms with Crippen molar-refractivity contribution in [1.29, 1.82) is 0 Å². The van der Waals surface area contributed by atoms with Gasteiger partial charge in [-0.25, -0.2) is 0 Å². The van der Waals surface area contributed by atoms with E-state index in [0.717, 1.165) is 0 Å². The van der Waals surface area contributed by atoms with Gasteiger partial charge in [-0.1, -0.05) is 6.08 Å². The Morgan fingerprint density at radius 2 is 2.20 bits per heavy atom. The van der Waals surface area contributed by atoms with Crippen LogP contribution in [0, 0.1) is 0 Å². The molecule has 0 aromatic rings. The topological polar surface area (TPSA) is 58.6 Å². The van der Waals surface area contributed by atoms with Gasteiger partial charge in [0.1, 0.15) is 0 Å². The van der Waals surface area contributed by atoms with Gasteiger partial charge in [0.25, 0.3) is 0 Å². The zero-order chi connectivity index (χ0) is 11.8. The fourth-order valence-electron chi connectivity index (χ4n) is 0.926. The van der Waals surface area contributed by atoms with E-state index in [0.29, 0.717) is 6.54 Å². The van der Waals surface area contributed by atoms with Gasteiger partial charge in [-0.15, -0.1) is 6.58 Å². The number of carbonyl (C=O) groups is 2. The number of nitrogens with zero attached hydrogens (tertiary/aromatic N) is 1. The second-order valence-corrected chi connectivity index (χ2v) is 3.20. The van der Waals surface area contributed by atoms with Gasteiger partial charge in [-0.3, -0.25) is 14.5 Å². The van der Waals surface area contributed by atoms with Crippen LogP contribution in [0.3, 0.4) is 0 Å². The van der Waals surface area contributed by atoms with Gasteiger partial charge in [0.2, 0.25) is 5.91 Å². The van der Waals surface area contributed by atoms with Crippen LogP contribution in [0.15, 0.2) is 12.7 Å². The summed E-state index contributed by atoms with van der Waals surface area (Å²) in [7, 11) is 3.01. The third kappa shape index (κ3) is 5.17. The Labute approximate surface area is 90.1 Å². The minimum Gasteiger partial charge on any atom is -0.468 e. The number of esters is 1. The maximum atomic E-state index is 11.5. The van der Waals surface area contributed by atoms with E-state index in [4.69, 9.17) is 0 Å². The van der Waals surface area contributed by atoms with Gasteiger partial charge in [0.05, 0.1) is 19.7 Å². The quantitative estimate of drug-likeness (QED) is 0.490. The first-order chi connectivity index (χ1) is 7.02. The molecule has 5 nitrogen and oxygen atoms in total. The second kappa shape index (κ2) is 7.00. The molecule has 0 aliphatic carbocycles. The summed E-state index contributed by atoms with van der Waals surface area (Å²) in [5.74, 6) is -0.498. The van der Waals surface area contributed by atoms with Crippen LogP contribution in [-0.2, 0) is 14.3 Å². The number of ether oxygens (including phenoxy) is 1. The third-order valence-corrected chi connectivity index (χ3v) is 2.07. The zero-order valence-electron chi connectivity index (χ0n) is 9.45. The molecule has 86 valence electrons. The minimum absolute atomic E-state index is 0.0964. The first kappa shape index (κ1) is 13.6. The largest absolute Gasteiger partial charge is 0.468 e. The van der Waals surface area contributed by atoms with Crippen molar-refractivity contribution < 1.29 is 14.3 Å². The Morgan fingerprint density at radius 1 is 1.60 bits per heavy atom. The highest BCUT2D eigenvalue weighted by atomic mass is 16.5. The van der Waals surface area contributed by atoms with Crippen LogP contribution in [0.4, 0.5) is 0 Å². The summed E-state index contributed by atoms with van der Waals surface area (Å²) in [5.41, 5.74) is 0. The first-order valence-corrected chi connectivity index (χ1v) is 4.68. The van der Waals surface area contributed by atoms with E-state index in [-0.39, 0.29) is 24.5 Å². The molecule has 0 aromatic heterocycles. The van der Waals surface area contributed by atoms with Crippen molar-refractivity contribution >= 4 is 11.9 Å². The predicted molar refractivity (Wildman–Crippen MR) is 57.3 cm³/mol. The lowest BCUT2D eigenvalue weighted by Crippen LogP contribution is -2.45. The zero-order valence-corrected chi connectivity index (χ0v) is 9.45. The molecule has 15 heavy (non-hydrogen) atoms. The summed E-state index contributed by atoms with van der Waals surface area (Å²) in [6, 6.07) is -0.371. The smallest absolute Gasteiger partial charge is 0.319 e. The van der Waals surface area contributed by atoms with E-state index < -0.39 is 0 Å². The first-order valence-electron chi connectivity index (χ1n) is 4.68. The number of rotatable bonds is 6. The van der Waals surface area contributed by atoms with E-state index in [1.807, 2.05) is 0 Å². The Bertz CT molecular complexity index is 241. The number of hydrogen-bond donors (Lipinski definition) is 1. The van der Waals surface area contributed by atoms with Crippen molar-refractivity contribution in [2.45, 2.75) is 13.0 Å². The monoisotopic (exact) mass is 214 g/mol. The summed E-state index contributed by atoms with van der Waals surface area (Å²) in [5, 5.41) is 2.65. The van der Waals surface area contributed by atoms with Gasteiger partial charge in [-0.05, 0) is 14.0 Å². The number of methoxy groups -OCH3 is 1. The van der Waals surface area contributed by atoms with Gasteiger partial charge in [-0.2, -0.15) is 0 Å². The highest BCUT2D eigenvalue weighted by molar-refractivity contribution is 5.82. The molecule has 0 bridgehead atoms. The molecule has 1 amide bonds. The van der Waals surface area contributed by atoms with Crippen molar-refractivity contribution in [3.8, 4) is 0 Å². The van der Waals surface area contributed by atoms with E-state index in [1.165, 1.54) is 7.11 Å². The maximum Gasteiger partial charge on any atom is 0.319 e. The van der Waals surface area contributed by atoms with Crippen molar-refractivity contribution in [3.05, 3.63) is 12.7 Å². The highest BCUT2D eigenvalue weighted by Gasteiger charge is 2.19. The molecule has 0 heterocycles. The number of nitrogens with one attached hydrogen (secondary N) is 1. The lowest BCUT2D eigenvalue weighted by Gasteiger charge is -2.22. The van der Waals surface area contributed by atoms with Crippen molar-refractivity contribution in [1.82, 2.24) is 10.2 Å². The predicted octanol–water partition coefficient (Wildman–Crippen LogP) is -0.218. The Morgan fingerprint density at radius 3 is 2.67 bits per heavy atom. The van der Waals surface area contributed by atoms with Gasteiger partial charge in [0, 0.05) is 6.54 Å². The summed E-state index contributed by atoms with van der Waals surface area (Å²) in [6.07, 6.45) is 1.60. The average Bonchev–Trinajstić information content (AvgIpc) is 2.24. The van der Waals surface area contributed by atoms with E-state index in [2.05, 4.69) is 16.6 Å². The standard InChI is InChI=1S/C10H18N2O3/c1-5-6-11-10(14)8(2)12(3)7-9(13)15-4/h5,8H,1,6-7H2,2-4H3,(H,11,14). The highest BCUT2D eigenvalue weighted by Crippen LogP contribution is 1.95. The van der Waals surface area contributed by atoms with Crippen molar-refractivity contribution in [2.75, 3.05) is 27.2 Å². The van der Waals surface area contributed by atoms with Gasteiger partial charge in [0.15, 0.2) is 0 Å². The molecule has 5 heteroatoms. The molecular weight excluding hydrogens is 196 g/mol. The van der Waals surface area contributed by atoms with Crippen LogP contribution in [-0.4, -0.2) is 50.1 Å². The average molecular weight is 214 g/mol. The molecule has 0 rings (SSSR count). The SMILES string of the molecule is C=CCNC(=O)C(C)N(C)CC(=O)OC. The van der Waals surface area contributed by atoms with Crippen LogP contribution in [0.2, 0.25) is 0 Å². The van der Waals surface area contributed by atoms with Crippen LogP contribution >= 0.6 is 0 Å². The molecule has 0 spiro atoms. The Kier molecular flexibility index (Phi) is 6.37. The second-order valence-electron chi connectivity index (χ2n) is 3.20. The molecule has 0 saturated carbocycles. The van der Waals surface area contributed by atoms with Crippen LogP contribution < -0.4 is 5.32 Å². The fourth-order valence-corrected chi connectivity index (χ4v) is 0.926. The summed E-state index contributed by atoms with van der Waals surface area (Å²) in [6.45, 7) is 5.74. The molecule has 0 saturated heterocycles. The summed E-state index contributed by atoms with van der Waals surface area (Å²) in [4.78, 5) is 24.0. The number of hydrogen-bond acceptors (Lipinski definition) is 4. The molecule has 0 aliphatic heterocycles. The van der Waals surface area contributed by atoms with E-state index in [9.17, 15) is 9.59 Å². The summed E-state index contributed by atoms with van der Waals surface area (Å²) >= 11 is 0. The number of carbonyl (C=O) groups excluding carboxylic acids is 2. The molecule has 1 unspecified atom stereocenters. The van der Waals surface area contributed by atoms with Crippen LogP contribution in [0.5, 0.6) is 0 Å². The van der Waals surface area contributed by atoms with Crippen LogP contribution in [0.1, 0.15) is 6.92 Å². The van der Waals surface area contributed by atoms with Crippen molar-refractivity contribution in [2.24, 2.45) is 0 Å². The molecular formula is C10H18N2O3. The van der Waals surface area contributed by atoms with Gasteiger partial charge < -0.3 is 10.1 Å². The normalized spacial score (nSPS) is 12.0. The molecule has 0 radical (unpaired) electrons.